The van der Waals surface area contributed by atoms with Crippen LogP contribution in [-0.2, 0) is 0 Å². The molecule has 0 aliphatic carbocycles. The van der Waals surface area contributed by atoms with Gasteiger partial charge in [0.2, 0.25) is 0 Å². The Morgan fingerprint density at radius 1 is 1.46 bits per heavy atom. The van der Waals surface area contributed by atoms with Gasteiger partial charge < -0.3 is 5.11 Å². The van der Waals surface area contributed by atoms with E-state index in [2.05, 4.69) is 0 Å². The molecule has 1 unspecified atom stereocenters. The molecule has 0 aliphatic rings. The highest BCUT2D eigenvalue weighted by atomic mass is 19.1. The van der Waals surface area contributed by atoms with Crippen molar-refractivity contribution in [2.75, 3.05) is 6.61 Å². The highest BCUT2D eigenvalue weighted by Gasteiger charge is 2.05. The Labute approximate surface area is 77.5 Å². The van der Waals surface area contributed by atoms with Gasteiger partial charge in [0, 0.05) is 0 Å². The molecule has 1 nitrogen and oxygen atoms in total. The van der Waals surface area contributed by atoms with Crippen molar-refractivity contribution in [1.82, 2.24) is 0 Å². The Morgan fingerprint density at radius 3 is 2.62 bits per heavy atom. The van der Waals surface area contributed by atoms with Crippen molar-refractivity contribution in [2.24, 2.45) is 0 Å². The third-order valence-electron chi connectivity index (χ3n) is 1.85. The van der Waals surface area contributed by atoms with Crippen LogP contribution in [0.1, 0.15) is 12.5 Å². The average molecular weight is 180 g/mol. The first-order chi connectivity index (χ1) is 6.24. The van der Waals surface area contributed by atoms with Crippen molar-refractivity contribution in [3.8, 4) is 0 Å². The van der Waals surface area contributed by atoms with Gasteiger partial charge in [0.25, 0.3) is 0 Å². The van der Waals surface area contributed by atoms with Crippen molar-refractivity contribution in [3.05, 3.63) is 41.5 Å². The van der Waals surface area contributed by atoms with Crippen LogP contribution in [0.25, 0.3) is 6.08 Å². The molecule has 0 aliphatic heterocycles. The molecular weight excluding hydrogens is 167 g/mol. The van der Waals surface area contributed by atoms with Crippen LogP contribution in [0.4, 0.5) is 4.39 Å². The van der Waals surface area contributed by atoms with Gasteiger partial charge in [0.05, 0.1) is 6.61 Å². The van der Waals surface area contributed by atoms with E-state index in [4.69, 9.17) is 5.11 Å². The van der Waals surface area contributed by atoms with Gasteiger partial charge in [-0.25, -0.2) is 4.39 Å². The lowest BCUT2D eigenvalue weighted by molar-refractivity contribution is 0.202. The molecule has 0 saturated heterocycles. The van der Waals surface area contributed by atoms with E-state index >= 15 is 0 Å². The van der Waals surface area contributed by atoms with Crippen molar-refractivity contribution in [2.45, 2.75) is 13.1 Å². The molecule has 1 rings (SSSR count). The van der Waals surface area contributed by atoms with Crippen LogP contribution < -0.4 is 0 Å². The lowest BCUT2D eigenvalue weighted by Crippen LogP contribution is -2.06. The van der Waals surface area contributed by atoms with E-state index in [1.807, 2.05) is 30.3 Å². The lowest BCUT2D eigenvalue weighted by atomic mass is 10.1. The summed E-state index contributed by atoms with van der Waals surface area (Å²) in [5.41, 5.74) is 1.50. The molecule has 0 fully saturated rings. The molecular formula is C11H13FO. The van der Waals surface area contributed by atoms with Gasteiger partial charge >= 0.3 is 0 Å². The average Bonchev–Trinajstić information content (AvgIpc) is 2.18. The Bertz CT molecular complexity index is 279. The molecule has 1 atom stereocenters. The van der Waals surface area contributed by atoms with Crippen molar-refractivity contribution in [3.63, 3.8) is 0 Å². The first-order valence-electron chi connectivity index (χ1n) is 4.22. The summed E-state index contributed by atoms with van der Waals surface area (Å²) in [6.07, 6.45) is 0.487. The zero-order valence-corrected chi connectivity index (χ0v) is 7.57. The van der Waals surface area contributed by atoms with Crippen molar-refractivity contribution in [1.29, 1.82) is 0 Å². The fourth-order valence-corrected chi connectivity index (χ4v) is 1.05. The van der Waals surface area contributed by atoms with Crippen LogP contribution in [0.5, 0.6) is 0 Å². The van der Waals surface area contributed by atoms with E-state index in [1.54, 1.807) is 13.0 Å². The van der Waals surface area contributed by atoms with Crippen molar-refractivity contribution < 1.29 is 9.50 Å². The minimum Gasteiger partial charge on any atom is -0.393 e. The summed E-state index contributed by atoms with van der Waals surface area (Å²) in [5, 5.41) is 8.57. The number of hydrogen-bond acceptors (Lipinski definition) is 1. The monoisotopic (exact) mass is 180 g/mol. The van der Waals surface area contributed by atoms with Gasteiger partial charge in [-0.3, -0.25) is 0 Å². The topological polar surface area (TPSA) is 20.2 Å². The quantitative estimate of drug-likeness (QED) is 0.757. The summed E-state index contributed by atoms with van der Waals surface area (Å²) in [7, 11) is 0. The molecule has 0 radical (unpaired) electrons. The minimum absolute atomic E-state index is 0.449. The Morgan fingerprint density at radius 2 is 2.08 bits per heavy atom. The Balaban J connectivity index is 2.77. The van der Waals surface area contributed by atoms with Gasteiger partial charge in [-0.2, -0.15) is 0 Å². The van der Waals surface area contributed by atoms with Gasteiger partial charge in [-0.15, -0.1) is 0 Å². The standard InChI is InChI=1S/C11H13FO/c1-9(11(12)8-13)7-10-5-3-2-4-6-10/h2-7,11,13H,8H2,1H3/b9-7-. The Hall–Kier alpha value is -1.15. The van der Waals surface area contributed by atoms with E-state index in [-0.39, 0.29) is 0 Å². The van der Waals surface area contributed by atoms with Crippen molar-refractivity contribution >= 4 is 6.08 Å². The molecule has 1 aromatic carbocycles. The van der Waals surface area contributed by atoms with Crippen LogP contribution in [-0.4, -0.2) is 17.9 Å². The van der Waals surface area contributed by atoms with Crippen LogP contribution in [0.2, 0.25) is 0 Å². The summed E-state index contributed by atoms with van der Waals surface area (Å²) in [6.45, 7) is 1.23. The largest absolute Gasteiger partial charge is 0.393 e. The zero-order valence-electron chi connectivity index (χ0n) is 7.57. The maximum atomic E-state index is 12.9. The second-order valence-corrected chi connectivity index (χ2v) is 2.95. The van der Waals surface area contributed by atoms with Crippen LogP contribution >= 0.6 is 0 Å². The molecule has 0 saturated carbocycles. The molecule has 0 bridgehead atoms. The number of rotatable bonds is 3. The molecule has 1 N–H and O–H groups in total. The second kappa shape index (κ2) is 4.77. The molecule has 0 heterocycles. The molecule has 2 heteroatoms. The highest BCUT2D eigenvalue weighted by Crippen LogP contribution is 2.11. The van der Waals surface area contributed by atoms with Crippen LogP contribution in [0.3, 0.4) is 0 Å². The number of alkyl halides is 1. The second-order valence-electron chi connectivity index (χ2n) is 2.95. The van der Waals surface area contributed by atoms with E-state index in [9.17, 15) is 4.39 Å². The number of halogens is 1. The molecule has 0 aromatic heterocycles. The maximum Gasteiger partial charge on any atom is 0.144 e. The maximum absolute atomic E-state index is 12.9. The number of hydrogen-bond donors (Lipinski definition) is 1. The lowest BCUT2D eigenvalue weighted by Gasteiger charge is -2.04. The van der Waals surface area contributed by atoms with E-state index in [0.29, 0.717) is 5.57 Å². The summed E-state index contributed by atoms with van der Waals surface area (Å²) in [5.74, 6) is 0. The predicted octanol–water partition coefficient (Wildman–Crippen LogP) is 2.42. The first kappa shape index (κ1) is 9.93. The van der Waals surface area contributed by atoms with Gasteiger partial charge in [0.15, 0.2) is 0 Å². The third kappa shape index (κ3) is 2.99. The summed E-state index contributed by atoms with van der Waals surface area (Å²) in [6, 6.07) is 9.49. The first-order valence-corrected chi connectivity index (χ1v) is 4.22. The molecule has 13 heavy (non-hydrogen) atoms. The summed E-state index contributed by atoms with van der Waals surface area (Å²) in [4.78, 5) is 0. The molecule has 0 amide bonds. The SMILES string of the molecule is C/C(=C/c1ccccc1)C(F)CO. The molecule has 0 spiro atoms. The van der Waals surface area contributed by atoms with E-state index in [1.165, 1.54) is 0 Å². The van der Waals surface area contributed by atoms with E-state index in [0.717, 1.165) is 5.56 Å². The highest BCUT2D eigenvalue weighted by molar-refractivity contribution is 5.52. The van der Waals surface area contributed by atoms with Crippen LogP contribution in [0, 0.1) is 0 Å². The number of aliphatic hydroxyl groups excluding tert-OH is 1. The number of aliphatic hydroxyl groups is 1. The smallest absolute Gasteiger partial charge is 0.144 e. The Kier molecular flexibility index (Phi) is 3.65. The molecule has 70 valence electrons. The van der Waals surface area contributed by atoms with Gasteiger partial charge in [-0.05, 0) is 18.1 Å². The van der Waals surface area contributed by atoms with E-state index < -0.39 is 12.8 Å². The predicted molar refractivity (Wildman–Crippen MR) is 52.1 cm³/mol. The minimum atomic E-state index is -1.25. The summed E-state index contributed by atoms with van der Waals surface area (Å²) >= 11 is 0. The number of benzene rings is 1. The van der Waals surface area contributed by atoms with Gasteiger partial charge in [-0.1, -0.05) is 36.4 Å². The normalized spacial score (nSPS) is 14.2. The summed E-state index contributed by atoms with van der Waals surface area (Å²) < 4.78 is 12.9. The van der Waals surface area contributed by atoms with Gasteiger partial charge in [0.1, 0.15) is 6.17 Å². The fraction of sp³-hybridized carbons (Fsp3) is 0.273. The zero-order chi connectivity index (χ0) is 9.68. The molecule has 1 aromatic rings. The third-order valence-corrected chi connectivity index (χ3v) is 1.85. The van der Waals surface area contributed by atoms with Crippen LogP contribution in [0.15, 0.2) is 35.9 Å². The fourth-order valence-electron chi connectivity index (χ4n) is 1.05.